The fraction of sp³-hybridized carbons (Fsp3) is 0.250. The van der Waals surface area contributed by atoms with Crippen LogP contribution in [0.4, 0.5) is 0 Å². The van der Waals surface area contributed by atoms with E-state index in [0.717, 1.165) is 11.1 Å². The molecule has 41 heavy (non-hydrogen) atoms. The van der Waals surface area contributed by atoms with Crippen LogP contribution in [0.25, 0.3) is 0 Å². The Hall–Kier alpha value is -4.92. The van der Waals surface area contributed by atoms with Crippen LogP contribution in [0.1, 0.15) is 95.9 Å². The van der Waals surface area contributed by atoms with Crippen LogP contribution in [0.15, 0.2) is 42.5 Å². The Balaban J connectivity index is 1.91. The summed E-state index contributed by atoms with van der Waals surface area (Å²) in [4.78, 5) is 0. The molecule has 5 rings (SSSR count). The van der Waals surface area contributed by atoms with Gasteiger partial charge in [0.2, 0.25) is 17.2 Å². The van der Waals surface area contributed by atoms with Crippen LogP contribution in [0.3, 0.4) is 0 Å². The van der Waals surface area contributed by atoms with Gasteiger partial charge in [-0.05, 0) is 29.3 Å². The van der Waals surface area contributed by atoms with Gasteiger partial charge in [-0.2, -0.15) is 0 Å². The maximum absolute atomic E-state index is 10.9. The van der Waals surface area contributed by atoms with Gasteiger partial charge in [-0.15, -0.1) is 0 Å². The summed E-state index contributed by atoms with van der Waals surface area (Å²) in [5, 5.41) is 97.2. The van der Waals surface area contributed by atoms with Crippen molar-refractivity contribution in [2.45, 2.75) is 51.4 Å². The van der Waals surface area contributed by atoms with E-state index in [9.17, 15) is 46.0 Å². The van der Waals surface area contributed by atoms with E-state index in [-0.39, 0.29) is 22.3 Å². The van der Waals surface area contributed by atoms with Crippen molar-refractivity contribution in [2.24, 2.45) is 0 Å². The smallest absolute Gasteiger partial charge is 0.200 e. The average Bonchev–Trinajstić information content (AvgIpc) is 2.96. The summed E-state index contributed by atoms with van der Waals surface area (Å²) in [6.45, 7) is 6.82. The van der Waals surface area contributed by atoms with E-state index < -0.39 is 75.4 Å². The molecule has 0 unspecified atom stereocenters. The molecule has 0 aromatic heterocycles. The van der Waals surface area contributed by atoms with Crippen LogP contribution >= 0.6 is 0 Å². The number of aromatic hydroxyl groups is 9. The fourth-order valence-corrected chi connectivity index (χ4v) is 5.84. The highest BCUT2D eigenvalue weighted by atomic mass is 16.3. The summed E-state index contributed by atoms with van der Waals surface area (Å²) in [5.41, 5.74) is 2.51. The molecule has 4 atom stereocenters. The lowest BCUT2D eigenvalue weighted by atomic mass is 9.80. The van der Waals surface area contributed by atoms with Gasteiger partial charge in [0, 0.05) is 57.1 Å². The van der Waals surface area contributed by atoms with Crippen molar-refractivity contribution in [3.8, 4) is 51.7 Å². The van der Waals surface area contributed by atoms with Gasteiger partial charge in [-0.1, -0.05) is 52.0 Å². The summed E-state index contributed by atoms with van der Waals surface area (Å²) in [5.74, 6) is -8.61. The molecule has 0 aliphatic heterocycles. The van der Waals surface area contributed by atoms with Gasteiger partial charge in [0.25, 0.3) is 0 Å². The Kier molecular flexibility index (Phi) is 6.49. The summed E-state index contributed by atoms with van der Waals surface area (Å²) in [6, 6.07) is 11.7. The number of phenols is 9. The molecule has 0 saturated heterocycles. The lowest BCUT2D eigenvalue weighted by molar-refractivity contribution is 0.354. The third-order valence-corrected chi connectivity index (χ3v) is 8.63. The second kappa shape index (κ2) is 9.62. The number of rotatable bonds is 0. The molecule has 0 heterocycles. The minimum Gasteiger partial charge on any atom is -0.504 e. The molecule has 214 valence electrons. The number of hydrogen-bond acceptors (Lipinski definition) is 9. The van der Waals surface area contributed by atoms with Gasteiger partial charge >= 0.3 is 0 Å². The minimum absolute atomic E-state index is 0.0753. The van der Waals surface area contributed by atoms with Gasteiger partial charge < -0.3 is 46.0 Å². The highest BCUT2D eigenvalue weighted by Gasteiger charge is 2.31. The van der Waals surface area contributed by atoms with Gasteiger partial charge in [0.1, 0.15) is 0 Å². The van der Waals surface area contributed by atoms with Crippen molar-refractivity contribution in [1.82, 2.24) is 0 Å². The number of phenolic OH excluding ortho intramolecular Hbond substituents is 9. The summed E-state index contributed by atoms with van der Waals surface area (Å²) < 4.78 is 0. The van der Waals surface area contributed by atoms with Crippen LogP contribution < -0.4 is 0 Å². The largest absolute Gasteiger partial charge is 0.504 e. The summed E-state index contributed by atoms with van der Waals surface area (Å²) in [6.07, 6.45) is 0. The number of fused-ring (bicyclic) bond motifs is 8. The second-order valence-electron chi connectivity index (χ2n) is 10.9. The molecule has 0 spiro atoms. The highest BCUT2D eigenvalue weighted by Crippen LogP contribution is 2.54. The molecule has 4 aromatic rings. The Morgan fingerprint density at radius 2 is 0.585 bits per heavy atom. The third-order valence-electron chi connectivity index (χ3n) is 8.63. The van der Waals surface area contributed by atoms with Crippen molar-refractivity contribution >= 4 is 0 Å². The molecule has 1 aliphatic rings. The predicted octanol–water partition coefficient (Wildman–Crippen LogP) is 5.96. The molecular weight excluding hydrogens is 528 g/mol. The first kappa shape index (κ1) is 27.6. The normalized spacial score (nSPS) is 20.1. The Labute approximate surface area is 236 Å². The van der Waals surface area contributed by atoms with Crippen LogP contribution in [0.5, 0.6) is 51.7 Å². The first-order valence-corrected chi connectivity index (χ1v) is 13.2. The van der Waals surface area contributed by atoms with Crippen LogP contribution in [0.2, 0.25) is 0 Å². The summed E-state index contributed by atoms with van der Waals surface area (Å²) >= 11 is 0. The van der Waals surface area contributed by atoms with Crippen molar-refractivity contribution in [1.29, 1.82) is 0 Å². The van der Waals surface area contributed by atoms with Gasteiger partial charge in [-0.3, -0.25) is 0 Å². The van der Waals surface area contributed by atoms with E-state index in [1.54, 1.807) is 33.8 Å². The highest BCUT2D eigenvalue weighted by molar-refractivity contribution is 5.68. The van der Waals surface area contributed by atoms with E-state index >= 15 is 0 Å². The van der Waals surface area contributed by atoms with Crippen molar-refractivity contribution < 1.29 is 46.0 Å². The molecular formula is C32H32O9. The maximum atomic E-state index is 10.9. The molecule has 8 bridgehead atoms. The van der Waals surface area contributed by atoms with Gasteiger partial charge in [0.05, 0.1) is 0 Å². The van der Waals surface area contributed by atoms with Crippen molar-refractivity contribution in [2.75, 3.05) is 0 Å². The van der Waals surface area contributed by atoms with E-state index in [1.807, 2.05) is 18.2 Å². The summed E-state index contributed by atoms with van der Waals surface area (Å²) in [7, 11) is 0. The topological polar surface area (TPSA) is 182 Å². The maximum Gasteiger partial charge on any atom is 0.200 e. The molecule has 9 nitrogen and oxygen atoms in total. The molecule has 0 saturated carbocycles. The minimum atomic E-state index is -0.874. The predicted molar refractivity (Wildman–Crippen MR) is 151 cm³/mol. The molecule has 9 heteroatoms. The molecule has 0 fully saturated rings. The lowest BCUT2D eigenvalue weighted by Crippen LogP contribution is -2.07. The molecule has 1 aliphatic carbocycles. The first-order chi connectivity index (χ1) is 19.3. The van der Waals surface area contributed by atoms with Crippen LogP contribution in [-0.2, 0) is 0 Å². The zero-order valence-electron chi connectivity index (χ0n) is 22.9. The third kappa shape index (κ3) is 4.07. The van der Waals surface area contributed by atoms with Gasteiger partial charge in [0.15, 0.2) is 34.5 Å². The quantitative estimate of drug-likeness (QED) is 0.117. The second-order valence-corrected chi connectivity index (χ2v) is 10.9. The van der Waals surface area contributed by atoms with Crippen molar-refractivity contribution in [3.63, 3.8) is 0 Å². The zero-order valence-corrected chi connectivity index (χ0v) is 22.9. The Morgan fingerprint density at radius 1 is 0.341 bits per heavy atom. The standard InChI is InChI=1S/C32H32O9/c1-12-16-6-5-7-17(8-16)13(2)19-10-21(27(36)31(40)25(19)34)15(4)23-11-22(28(37)32(41)29(23)38)14(3)20-9-18(12)24(33)30(39)26(20)35/h5-15,33-41H,1-4H3/t12-,13+,14-,15+. The molecule has 9 N–H and O–H groups in total. The zero-order chi connectivity index (χ0) is 30.1. The first-order valence-electron chi connectivity index (χ1n) is 13.2. The molecule has 0 radical (unpaired) electrons. The Morgan fingerprint density at radius 3 is 0.854 bits per heavy atom. The molecule has 0 amide bonds. The lowest BCUT2D eigenvalue weighted by Gasteiger charge is -2.26. The average molecular weight is 561 g/mol. The monoisotopic (exact) mass is 560 g/mol. The number of hydrogen-bond donors (Lipinski definition) is 9. The van der Waals surface area contributed by atoms with Crippen LogP contribution in [0, 0.1) is 0 Å². The van der Waals surface area contributed by atoms with Crippen molar-refractivity contribution in [3.05, 3.63) is 87.0 Å². The van der Waals surface area contributed by atoms with Crippen LogP contribution in [-0.4, -0.2) is 46.0 Å². The Bertz CT molecular complexity index is 1590. The van der Waals surface area contributed by atoms with Gasteiger partial charge in [-0.25, -0.2) is 0 Å². The molecule has 4 aromatic carbocycles. The van der Waals surface area contributed by atoms with E-state index in [2.05, 4.69) is 0 Å². The van der Waals surface area contributed by atoms with E-state index in [0.29, 0.717) is 11.1 Å². The SMILES string of the molecule is C[C@@H]1c2cc(c(O)c(O)c2O)[C@H](C)c2cc(c(O)c(O)c2O)[C@H](C)c2cccc(c2)[C@H](C)c2cc1c(O)c(O)c2O. The van der Waals surface area contributed by atoms with E-state index in [1.165, 1.54) is 18.2 Å². The fourth-order valence-electron chi connectivity index (χ4n) is 5.84. The number of benzene rings is 4. The van der Waals surface area contributed by atoms with E-state index in [4.69, 9.17) is 0 Å².